The van der Waals surface area contributed by atoms with Crippen LogP contribution < -0.4 is 11.1 Å². The van der Waals surface area contributed by atoms with E-state index in [-0.39, 0.29) is 0 Å². The summed E-state index contributed by atoms with van der Waals surface area (Å²) in [5.74, 6) is 0.784. The molecule has 94 valence electrons. The third kappa shape index (κ3) is 3.13. The van der Waals surface area contributed by atoms with Gasteiger partial charge in [-0.25, -0.2) is 0 Å². The molecule has 0 spiro atoms. The van der Waals surface area contributed by atoms with Crippen molar-refractivity contribution in [1.29, 1.82) is 0 Å². The Bertz CT molecular complexity index is 376. The number of nitrogen functional groups attached to an aromatic ring is 1. The number of nitrogens with two attached hydrogens (primary N) is 1. The Morgan fingerprint density at radius 1 is 1.47 bits per heavy atom. The van der Waals surface area contributed by atoms with Crippen molar-refractivity contribution < 1.29 is 0 Å². The summed E-state index contributed by atoms with van der Waals surface area (Å²) in [5.41, 5.74) is 9.04. The highest BCUT2D eigenvalue weighted by Gasteiger charge is 2.20. The number of hydrogen-bond acceptors (Lipinski definition) is 3. The van der Waals surface area contributed by atoms with Crippen LogP contribution >= 0.6 is 0 Å². The number of nitrogens with one attached hydrogen (secondary N) is 1. The first-order valence-electron chi connectivity index (χ1n) is 6.51. The van der Waals surface area contributed by atoms with Gasteiger partial charge in [0.15, 0.2) is 0 Å². The van der Waals surface area contributed by atoms with E-state index in [1.165, 1.54) is 37.3 Å². The number of hydrogen-bond donors (Lipinski definition) is 2. The third-order valence-electron chi connectivity index (χ3n) is 3.65. The molecule has 1 heterocycles. The van der Waals surface area contributed by atoms with Crippen molar-refractivity contribution in [2.24, 2.45) is 5.92 Å². The van der Waals surface area contributed by atoms with Crippen LogP contribution in [0, 0.1) is 12.8 Å². The van der Waals surface area contributed by atoms with Gasteiger partial charge in [0.2, 0.25) is 0 Å². The molecule has 0 aliphatic carbocycles. The molecule has 2 rings (SSSR count). The van der Waals surface area contributed by atoms with E-state index in [2.05, 4.69) is 30.1 Å². The molecule has 1 aliphatic rings. The largest absolute Gasteiger partial charge is 0.399 e. The predicted octanol–water partition coefficient (Wildman–Crippen LogP) is 2.33. The molecule has 0 amide bonds. The van der Waals surface area contributed by atoms with Crippen LogP contribution in [0.15, 0.2) is 18.2 Å². The summed E-state index contributed by atoms with van der Waals surface area (Å²) in [5, 5.41) is 3.54. The van der Waals surface area contributed by atoms with Crippen LogP contribution in [-0.2, 0) is 0 Å². The number of nitrogens with zero attached hydrogens (tertiary/aromatic N) is 1. The van der Waals surface area contributed by atoms with Crippen molar-refractivity contribution >= 4 is 11.4 Å². The Hall–Kier alpha value is -1.22. The quantitative estimate of drug-likeness (QED) is 0.784. The monoisotopic (exact) mass is 233 g/mol. The number of rotatable bonds is 4. The molecule has 3 nitrogen and oxygen atoms in total. The Kier molecular flexibility index (Phi) is 3.89. The van der Waals surface area contributed by atoms with Gasteiger partial charge in [0, 0.05) is 24.5 Å². The summed E-state index contributed by atoms with van der Waals surface area (Å²) < 4.78 is 0. The lowest BCUT2D eigenvalue weighted by Crippen LogP contribution is -2.22. The topological polar surface area (TPSA) is 41.3 Å². The molecular formula is C14H23N3. The summed E-state index contributed by atoms with van der Waals surface area (Å²) in [6, 6.07) is 6.06. The Morgan fingerprint density at radius 3 is 2.94 bits per heavy atom. The molecule has 0 saturated carbocycles. The number of likely N-dealkylation sites (tertiary alicyclic amines) is 1. The van der Waals surface area contributed by atoms with Gasteiger partial charge in [-0.2, -0.15) is 0 Å². The second-order valence-corrected chi connectivity index (χ2v) is 5.00. The van der Waals surface area contributed by atoms with Gasteiger partial charge in [0.25, 0.3) is 0 Å². The minimum atomic E-state index is 0.784. The Balaban J connectivity index is 1.86. The van der Waals surface area contributed by atoms with E-state index in [0.29, 0.717) is 0 Å². The lowest BCUT2D eigenvalue weighted by Gasteiger charge is -2.15. The average Bonchev–Trinajstić information content (AvgIpc) is 2.76. The predicted molar refractivity (Wildman–Crippen MR) is 74.3 cm³/mol. The van der Waals surface area contributed by atoms with Crippen molar-refractivity contribution in [2.45, 2.75) is 20.3 Å². The van der Waals surface area contributed by atoms with Crippen molar-refractivity contribution in [3.05, 3.63) is 23.8 Å². The van der Waals surface area contributed by atoms with E-state index in [9.17, 15) is 0 Å². The van der Waals surface area contributed by atoms with Gasteiger partial charge in [-0.15, -0.1) is 0 Å². The van der Waals surface area contributed by atoms with Crippen LogP contribution in [0.25, 0.3) is 0 Å². The van der Waals surface area contributed by atoms with Gasteiger partial charge in [-0.3, -0.25) is 0 Å². The molecular weight excluding hydrogens is 210 g/mol. The second-order valence-electron chi connectivity index (χ2n) is 5.00. The normalized spacial score (nSPS) is 20.7. The fourth-order valence-corrected chi connectivity index (χ4v) is 2.51. The molecule has 1 unspecified atom stereocenters. The van der Waals surface area contributed by atoms with Gasteiger partial charge in [0.05, 0.1) is 0 Å². The van der Waals surface area contributed by atoms with Gasteiger partial charge < -0.3 is 16.0 Å². The molecule has 0 radical (unpaired) electrons. The third-order valence-corrected chi connectivity index (χ3v) is 3.65. The second kappa shape index (κ2) is 5.41. The number of anilines is 2. The highest BCUT2D eigenvalue weighted by molar-refractivity contribution is 5.57. The van der Waals surface area contributed by atoms with Gasteiger partial charge in [-0.05, 0) is 56.1 Å². The molecule has 0 aromatic heterocycles. The summed E-state index contributed by atoms with van der Waals surface area (Å²) in [6.45, 7) is 9.07. The van der Waals surface area contributed by atoms with Gasteiger partial charge in [0.1, 0.15) is 0 Å². The zero-order valence-electron chi connectivity index (χ0n) is 10.9. The molecule has 1 aliphatic heterocycles. The molecule has 1 saturated heterocycles. The maximum Gasteiger partial charge on any atom is 0.0371 e. The van der Waals surface area contributed by atoms with Crippen LogP contribution in [0.4, 0.5) is 11.4 Å². The van der Waals surface area contributed by atoms with Crippen LogP contribution in [-0.4, -0.2) is 31.1 Å². The molecule has 1 aromatic carbocycles. The zero-order valence-corrected chi connectivity index (χ0v) is 10.9. The van der Waals surface area contributed by atoms with E-state index >= 15 is 0 Å². The van der Waals surface area contributed by atoms with Crippen molar-refractivity contribution in [1.82, 2.24) is 4.90 Å². The minimum absolute atomic E-state index is 0.784. The fraction of sp³-hybridized carbons (Fsp3) is 0.571. The Labute approximate surface area is 104 Å². The van der Waals surface area contributed by atoms with Crippen molar-refractivity contribution in [3.8, 4) is 0 Å². The minimum Gasteiger partial charge on any atom is -0.399 e. The summed E-state index contributed by atoms with van der Waals surface area (Å²) in [6.07, 6.45) is 1.31. The van der Waals surface area contributed by atoms with Crippen LogP contribution in [0.1, 0.15) is 18.9 Å². The lowest BCUT2D eigenvalue weighted by molar-refractivity contribution is 0.345. The highest BCUT2D eigenvalue weighted by atomic mass is 15.1. The highest BCUT2D eigenvalue weighted by Crippen LogP contribution is 2.20. The number of benzene rings is 1. The van der Waals surface area contributed by atoms with E-state index in [4.69, 9.17) is 5.73 Å². The van der Waals surface area contributed by atoms with Crippen LogP contribution in [0.5, 0.6) is 0 Å². The lowest BCUT2D eigenvalue weighted by atomic mass is 10.1. The standard InChI is InChI=1S/C14H23N3/c1-3-17-7-6-12(10-17)9-16-14-5-4-13(15)8-11(14)2/h4-5,8,12,16H,3,6-7,9-10,15H2,1-2H3. The summed E-state index contributed by atoms with van der Waals surface area (Å²) in [4.78, 5) is 2.52. The van der Waals surface area contributed by atoms with E-state index < -0.39 is 0 Å². The first kappa shape index (κ1) is 12.2. The number of aryl methyl sites for hydroxylation is 1. The first-order chi connectivity index (χ1) is 8.19. The SMILES string of the molecule is CCN1CCC(CNc2ccc(N)cc2C)C1. The zero-order chi connectivity index (χ0) is 12.3. The molecule has 1 aromatic rings. The van der Waals surface area contributed by atoms with Crippen LogP contribution in [0.3, 0.4) is 0 Å². The Morgan fingerprint density at radius 2 is 2.29 bits per heavy atom. The van der Waals surface area contributed by atoms with E-state index in [1.54, 1.807) is 0 Å². The van der Waals surface area contributed by atoms with Crippen LogP contribution in [0.2, 0.25) is 0 Å². The molecule has 3 N–H and O–H groups in total. The fourth-order valence-electron chi connectivity index (χ4n) is 2.51. The van der Waals surface area contributed by atoms with E-state index in [1.807, 2.05) is 12.1 Å². The van der Waals surface area contributed by atoms with Crippen molar-refractivity contribution in [3.63, 3.8) is 0 Å². The summed E-state index contributed by atoms with van der Waals surface area (Å²) >= 11 is 0. The maximum absolute atomic E-state index is 5.75. The smallest absolute Gasteiger partial charge is 0.0371 e. The summed E-state index contributed by atoms with van der Waals surface area (Å²) in [7, 11) is 0. The van der Waals surface area contributed by atoms with Crippen molar-refractivity contribution in [2.75, 3.05) is 37.2 Å². The molecule has 1 fully saturated rings. The average molecular weight is 233 g/mol. The van der Waals surface area contributed by atoms with E-state index in [0.717, 1.165) is 18.2 Å². The molecule has 0 bridgehead atoms. The molecule has 1 atom stereocenters. The van der Waals surface area contributed by atoms with Gasteiger partial charge in [-0.1, -0.05) is 6.92 Å². The van der Waals surface area contributed by atoms with Gasteiger partial charge >= 0.3 is 0 Å². The first-order valence-corrected chi connectivity index (χ1v) is 6.51. The maximum atomic E-state index is 5.75. The molecule has 3 heteroatoms. The molecule has 17 heavy (non-hydrogen) atoms.